The van der Waals surface area contributed by atoms with Gasteiger partial charge >= 0.3 is 0 Å². The van der Waals surface area contributed by atoms with Crippen LogP contribution in [0.1, 0.15) is 23.5 Å². The van der Waals surface area contributed by atoms with Gasteiger partial charge in [0.1, 0.15) is 17.3 Å². The number of nitrogens with one attached hydrogen (secondary N) is 1. The normalized spacial score (nSPS) is 13.3. The molecule has 1 unspecified atom stereocenters. The number of quaternary nitrogens is 1. The topological polar surface area (TPSA) is 46.9 Å². The number of thiazole rings is 1. The molecular weight excluding hydrogens is 358 g/mol. The van der Waals surface area contributed by atoms with Gasteiger partial charge in [-0.1, -0.05) is 24.3 Å². The molecule has 0 saturated carbocycles. The van der Waals surface area contributed by atoms with Gasteiger partial charge in [-0.25, -0.2) is 4.98 Å². The number of amides is 1. The van der Waals surface area contributed by atoms with E-state index in [0.717, 1.165) is 38.0 Å². The van der Waals surface area contributed by atoms with E-state index in [1.165, 1.54) is 0 Å². The Labute approximate surface area is 164 Å². The Morgan fingerprint density at radius 3 is 2.78 bits per heavy atom. The van der Waals surface area contributed by atoms with Gasteiger partial charge in [-0.15, -0.1) is 11.3 Å². The van der Waals surface area contributed by atoms with Crippen LogP contribution in [0.3, 0.4) is 0 Å². The first-order chi connectivity index (χ1) is 13.0. The Bertz CT molecular complexity index is 891. The summed E-state index contributed by atoms with van der Waals surface area (Å²) < 4.78 is 6.42. The first-order valence-electron chi connectivity index (χ1n) is 9.03. The van der Waals surface area contributed by atoms with E-state index in [0.29, 0.717) is 6.54 Å². The second-order valence-electron chi connectivity index (χ2n) is 6.86. The van der Waals surface area contributed by atoms with Gasteiger partial charge < -0.3 is 14.5 Å². The number of hydrogen-bond donors (Lipinski definition) is 1. The largest absolute Gasteiger partial charge is 0.497 e. The van der Waals surface area contributed by atoms with Crippen LogP contribution in [0, 0.1) is 0 Å². The molecule has 0 aliphatic rings. The average Bonchev–Trinajstić information content (AvgIpc) is 3.11. The Morgan fingerprint density at radius 2 is 2.04 bits per heavy atom. The van der Waals surface area contributed by atoms with E-state index in [1.54, 1.807) is 23.3 Å². The van der Waals surface area contributed by atoms with Crippen LogP contribution in [0.4, 0.5) is 0 Å². The lowest BCUT2D eigenvalue weighted by Crippen LogP contribution is -3.08. The zero-order valence-electron chi connectivity index (χ0n) is 16.2. The fourth-order valence-corrected chi connectivity index (χ4v) is 4.09. The van der Waals surface area contributed by atoms with Crippen LogP contribution < -0.4 is 9.64 Å². The van der Waals surface area contributed by atoms with Crippen molar-refractivity contribution in [2.24, 2.45) is 0 Å². The summed E-state index contributed by atoms with van der Waals surface area (Å²) in [4.78, 5) is 20.4. The monoisotopic (exact) mass is 384 g/mol. The molecule has 0 fully saturated rings. The zero-order valence-corrected chi connectivity index (χ0v) is 17.0. The van der Waals surface area contributed by atoms with Crippen LogP contribution in [0.25, 0.3) is 10.2 Å². The van der Waals surface area contributed by atoms with Crippen molar-refractivity contribution in [2.45, 2.75) is 19.5 Å². The molecule has 3 rings (SSSR count). The summed E-state index contributed by atoms with van der Waals surface area (Å²) in [5.74, 6) is 0.954. The maximum atomic E-state index is 12.8. The van der Waals surface area contributed by atoms with Gasteiger partial charge in [0.05, 0.1) is 30.4 Å². The number of nitrogens with zero attached hydrogens (tertiary/aromatic N) is 2. The van der Waals surface area contributed by atoms with E-state index in [4.69, 9.17) is 4.74 Å². The standard InChI is InChI=1S/C21H25N3O2S/c1-15(21-22-18-10-5-6-11-19(18)27-21)24(3)20(25)14-23(2)13-16-8-7-9-17(12-16)26-4/h5-12,15H,13-14H2,1-4H3/p+1/t15-/m1/s1. The van der Waals surface area contributed by atoms with Crippen molar-refractivity contribution in [3.63, 3.8) is 0 Å². The molecule has 2 atom stereocenters. The fraction of sp³-hybridized carbons (Fsp3) is 0.333. The lowest BCUT2D eigenvalue weighted by molar-refractivity contribution is -0.885. The number of carbonyl (C=O) groups excluding carboxylic acids is 1. The number of para-hydroxylation sites is 1. The molecule has 0 bridgehead atoms. The number of ether oxygens (including phenoxy) is 1. The highest BCUT2D eigenvalue weighted by atomic mass is 32.1. The molecule has 5 nitrogen and oxygen atoms in total. The van der Waals surface area contributed by atoms with Gasteiger partial charge in [-0.3, -0.25) is 4.79 Å². The van der Waals surface area contributed by atoms with Gasteiger partial charge in [0.15, 0.2) is 6.54 Å². The molecular formula is C21H26N3O2S+. The molecule has 2 aromatic carbocycles. The van der Waals surface area contributed by atoms with Crippen molar-refractivity contribution < 1.29 is 14.4 Å². The highest BCUT2D eigenvalue weighted by molar-refractivity contribution is 7.18. The van der Waals surface area contributed by atoms with Crippen LogP contribution in [-0.4, -0.2) is 43.5 Å². The highest BCUT2D eigenvalue weighted by Gasteiger charge is 2.23. The quantitative estimate of drug-likeness (QED) is 0.681. The number of benzene rings is 2. The molecule has 0 spiro atoms. The molecule has 0 aliphatic carbocycles. The molecule has 3 aromatic rings. The average molecular weight is 385 g/mol. The van der Waals surface area contributed by atoms with Gasteiger partial charge in [0.2, 0.25) is 0 Å². The number of likely N-dealkylation sites (N-methyl/N-ethyl adjacent to an activating group) is 2. The minimum atomic E-state index is -0.0421. The molecule has 1 N–H and O–H groups in total. The summed E-state index contributed by atoms with van der Waals surface area (Å²) >= 11 is 1.65. The second kappa shape index (κ2) is 8.50. The van der Waals surface area contributed by atoms with Crippen LogP contribution in [0.15, 0.2) is 48.5 Å². The first kappa shape index (κ1) is 19.3. The molecule has 27 heavy (non-hydrogen) atoms. The van der Waals surface area contributed by atoms with Crippen molar-refractivity contribution >= 4 is 27.5 Å². The van der Waals surface area contributed by atoms with E-state index in [-0.39, 0.29) is 11.9 Å². The van der Waals surface area contributed by atoms with Crippen LogP contribution in [-0.2, 0) is 11.3 Å². The third-order valence-corrected chi connectivity index (χ3v) is 5.94. The number of fused-ring (bicyclic) bond motifs is 1. The highest BCUT2D eigenvalue weighted by Crippen LogP contribution is 2.28. The van der Waals surface area contributed by atoms with E-state index in [2.05, 4.69) is 17.1 Å². The maximum Gasteiger partial charge on any atom is 0.278 e. The molecule has 142 valence electrons. The van der Waals surface area contributed by atoms with Crippen molar-refractivity contribution in [1.82, 2.24) is 9.88 Å². The van der Waals surface area contributed by atoms with Crippen LogP contribution in [0.2, 0.25) is 0 Å². The van der Waals surface area contributed by atoms with E-state index >= 15 is 0 Å². The summed E-state index contributed by atoms with van der Waals surface area (Å²) in [6.45, 7) is 3.24. The Hall–Kier alpha value is -2.44. The van der Waals surface area contributed by atoms with Crippen molar-refractivity contribution in [2.75, 3.05) is 27.7 Å². The second-order valence-corrected chi connectivity index (χ2v) is 7.92. The lowest BCUT2D eigenvalue weighted by Gasteiger charge is -2.24. The van der Waals surface area contributed by atoms with Gasteiger partial charge in [0, 0.05) is 12.6 Å². The predicted molar refractivity (Wildman–Crippen MR) is 109 cm³/mol. The van der Waals surface area contributed by atoms with Crippen molar-refractivity contribution in [1.29, 1.82) is 0 Å². The summed E-state index contributed by atoms with van der Waals surface area (Å²) in [5, 5.41) is 0.970. The third-order valence-electron chi connectivity index (χ3n) is 4.74. The molecule has 0 radical (unpaired) electrons. The Morgan fingerprint density at radius 1 is 1.26 bits per heavy atom. The molecule has 0 saturated heterocycles. The first-order valence-corrected chi connectivity index (χ1v) is 9.85. The molecule has 1 aromatic heterocycles. The number of carbonyl (C=O) groups is 1. The summed E-state index contributed by atoms with van der Waals surface area (Å²) in [7, 11) is 5.56. The third kappa shape index (κ3) is 4.64. The maximum absolute atomic E-state index is 12.8. The van der Waals surface area contributed by atoms with Gasteiger partial charge in [-0.2, -0.15) is 0 Å². The summed E-state index contributed by atoms with van der Waals surface area (Å²) in [6, 6.07) is 16.0. The Kier molecular flexibility index (Phi) is 6.08. The van der Waals surface area contributed by atoms with E-state index in [1.807, 2.05) is 57.4 Å². The predicted octanol–water partition coefficient (Wildman–Crippen LogP) is 2.54. The van der Waals surface area contributed by atoms with Crippen molar-refractivity contribution in [3.05, 3.63) is 59.1 Å². The van der Waals surface area contributed by atoms with Gasteiger partial charge in [-0.05, 0) is 31.2 Å². The smallest absolute Gasteiger partial charge is 0.278 e. The molecule has 6 heteroatoms. The SMILES string of the molecule is COc1cccc(C[NH+](C)CC(=O)N(C)[C@H](C)c2nc3ccccc3s2)c1. The Balaban J connectivity index is 1.62. The molecule has 1 amide bonds. The number of rotatable bonds is 7. The number of hydrogen-bond acceptors (Lipinski definition) is 4. The summed E-state index contributed by atoms with van der Waals surface area (Å²) in [5.41, 5.74) is 2.15. The minimum absolute atomic E-state index is 0.0421. The number of aromatic nitrogens is 1. The van der Waals surface area contributed by atoms with Crippen LogP contribution in [0.5, 0.6) is 5.75 Å². The molecule has 1 heterocycles. The minimum Gasteiger partial charge on any atom is -0.497 e. The van der Waals surface area contributed by atoms with Crippen molar-refractivity contribution in [3.8, 4) is 5.75 Å². The van der Waals surface area contributed by atoms with E-state index < -0.39 is 0 Å². The summed E-state index contributed by atoms with van der Waals surface area (Å²) in [6.07, 6.45) is 0. The molecule has 0 aliphatic heterocycles. The van der Waals surface area contributed by atoms with Gasteiger partial charge in [0.25, 0.3) is 5.91 Å². The zero-order chi connectivity index (χ0) is 19.4. The fourth-order valence-electron chi connectivity index (χ4n) is 3.03. The van der Waals surface area contributed by atoms with E-state index in [9.17, 15) is 4.79 Å². The van der Waals surface area contributed by atoms with Crippen LogP contribution >= 0.6 is 11.3 Å². The number of methoxy groups -OCH3 is 1. The lowest BCUT2D eigenvalue weighted by atomic mass is 10.2.